The average molecular weight is 299 g/mol. The van der Waals surface area contributed by atoms with E-state index in [1.807, 2.05) is 54.5 Å². The molecule has 2 heterocycles. The molecule has 0 saturated carbocycles. The molecule has 0 saturated heterocycles. The van der Waals surface area contributed by atoms with Crippen LogP contribution in [-0.2, 0) is 0 Å². The second-order valence-corrected chi connectivity index (χ2v) is 6.04. The van der Waals surface area contributed by atoms with Crippen molar-refractivity contribution in [3.05, 3.63) is 57.7 Å². The predicted octanol–water partition coefficient (Wildman–Crippen LogP) is 3.77. The van der Waals surface area contributed by atoms with Gasteiger partial charge in [-0.15, -0.1) is 11.3 Å². The molecule has 2 aromatic rings. The van der Waals surface area contributed by atoms with Crippen LogP contribution in [0.4, 0.5) is 0 Å². The fourth-order valence-corrected chi connectivity index (χ4v) is 3.40. The Morgan fingerprint density at radius 1 is 1.33 bits per heavy atom. The van der Waals surface area contributed by atoms with E-state index in [1.54, 1.807) is 0 Å². The zero-order valence-electron chi connectivity index (χ0n) is 12.0. The number of aliphatic hydroxyl groups excluding tert-OH is 1. The van der Waals surface area contributed by atoms with Crippen LogP contribution in [0.5, 0.6) is 0 Å². The van der Waals surface area contributed by atoms with Crippen LogP contribution < -0.4 is 0 Å². The van der Waals surface area contributed by atoms with E-state index >= 15 is 0 Å². The zero-order chi connectivity index (χ0) is 15.0. The first-order valence-electron chi connectivity index (χ1n) is 6.83. The van der Waals surface area contributed by atoms with Gasteiger partial charge >= 0.3 is 0 Å². The standard InChI is InChI=1S/C16H17N3OS/c1-10-9-21-16(18-10)14-13(20)8-19(15(14)17)11(2)12-6-4-3-5-7-12/h3-7,9,11,17,20H,8H2,1-2H3/t11-/m0/s1. The Balaban J connectivity index is 1.88. The zero-order valence-corrected chi connectivity index (χ0v) is 12.8. The molecule has 0 amide bonds. The number of rotatable bonds is 3. The van der Waals surface area contributed by atoms with Crippen molar-refractivity contribution in [3.63, 3.8) is 0 Å². The van der Waals surface area contributed by atoms with Crippen molar-refractivity contribution in [2.75, 3.05) is 6.54 Å². The molecule has 1 aliphatic heterocycles. The lowest BCUT2D eigenvalue weighted by Gasteiger charge is -2.26. The van der Waals surface area contributed by atoms with Gasteiger partial charge in [-0.2, -0.15) is 0 Å². The van der Waals surface area contributed by atoms with E-state index in [1.165, 1.54) is 11.3 Å². The van der Waals surface area contributed by atoms with E-state index in [2.05, 4.69) is 4.98 Å². The van der Waals surface area contributed by atoms with E-state index in [0.29, 0.717) is 18.0 Å². The fourth-order valence-electron chi connectivity index (χ4n) is 2.54. The molecule has 1 aliphatic rings. The molecule has 108 valence electrons. The second kappa shape index (κ2) is 5.33. The molecular weight excluding hydrogens is 282 g/mol. The number of aliphatic hydroxyl groups is 1. The smallest absolute Gasteiger partial charge is 0.135 e. The first-order valence-corrected chi connectivity index (χ1v) is 7.71. The van der Waals surface area contributed by atoms with Crippen LogP contribution in [-0.4, -0.2) is 27.4 Å². The second-order valence-electron chi connectivity index (χ2n) is 5.18. The van der Waals surface area contributed by atoms with Gasteiger partial charge in [0.05, 0.1) is 18.2 Å². The maximum atomic E-state index is 10.3. The predicted molar refractivity (Wildman–Crippen MR) is 85.7 cm³/mol. The number of hydrogen-bond acceptors (Lipinski definition) is 4. The van der Waals surface area contributed by atoms with Crippen LogP contribution in [0.2, 0.25) is 0 Å². The molecule has 21 heavy (non-hydrogen) atoms. The van der Waals surface area contributed by atoms with Gasteiger partial charge in [0.1, 0.15) is 16.6 Å². The number of aryl methyl sites for hydroxylation is 1. The number of thiazole rings is 1. The maximum Gasteiger partial charge on any atom is 0.135 e. The highest BCUT2D eigenvalue weighted by molar-refractivity contribution is 7.11. The number of hydrogen-bond donors (Lipinski definition) is 2. The van der Waals surface area contributed by atoms with Gasteiger partial charge in [0.25, 0.3) is 0 Å². The molecule has 0 bridgehead atoms. The molecule has 0 radical (unpaired) electrons. The van der Waals surface area contributed by atoms with Crippen LogP contribution in [0.1, 0.15) is 29.2 Å². The van der Waals surface area contributed by atoms with Crippen LogP contribution in [0.3, 0.4) is 0 Å². The highest BCUT2D eigenvalue weighted by Crippen LogP contribution is 2.34. The van der Waals surface area contributed by atoms with E-state index in [0.717, 1.165) is 16.3 Å². The van der Waals surface area contributed by atoms with Crippen LogP contribution in [0.25, 0.3) is 5.57 Å². The summed E-state index contributed by atoms with van der Waals surface area (Å²) in [6.07, 6.45) is 0. The minimum absolute atomic E-state index is 0.0411. The molecule has 2 N–H and O–H groups in total. The maximum absolute atomic E-state index is 10.3. The molecule has 1 atom stereocenters. The molecule has 4 nitrogen and oxygen atoms in total. The Labute approximate surface area is 127 Å². The molecule has 0 fully saturated rings. The third-order valence-corrected chi connectivity index (χ3v) is 4.69. The summed E-state index contributed by atoms with van der Waals surface area (Å²) < 4.78 is 0. The van der Waals surface area contributed by atoms with Crippen LogP contribution >= 0.6 is 11.3 Å². The lowest BCUT2D eigenvalue weighted by molar-refractivity contribution is 0.310. The van der Waals surface area contributed by atoms with Gasteiger partial charge in [-0.1, -0.05) is 30.3 Å². The van der Waals surface area contributed by atoms with Crippen molar-refractivity contribution in [1.82, 2.24) is 9.88 Å². The number of aromatic nitrogens is 1. The summed E-state index contributed by atoms with van der Waals surface area (Å²) >= 11 is 1.47. The Morgan fingerprint density at radius 3 is 2.67 bits per heavy atom. The minimum Gasteiger partial charge on any atom is -0.510 e. The van der Waals surface area contributed by atoms with E-state index < -0.39 is 0 Å². The Morgan fingerprint density at radius 2 is 2.05 bits per heavy atom. The SMILES string of the molecule is Cc1csc(C2=C(O)CN([C@@H](C)c3ccccc3)C2=N)n1. The number of benzene rings is 1. The van der Waals surface area contributed by atoms with Gasteiger partial charge in [-0.3, -0.25) is 5.41 Å². The van der Waals surface area contributed by atoms with Gasteiger partial charge in [-0.05, 0) is 19.4 Å². The monoisotopic (exact) mass is 299 g/mol. The summed E-state index contributed by atoms with van der Waals surface area (Å²) in [7, 11) is 0. The van der Waals surface area contributed by atoms with Crippen LogP contribution in [0.15, 0.2) is 41.5 Å². The van der Waals surface area contributed by atoms with Crippen molar-refractivity contribution in [1.29, 1.82) is 5.41 Å². The Hall–Kier alpha value is -2.14. The van der Waals surface area contributed by atoms with E-state index in [4.69, 9.17) is 5.41 Å². The van der Waals surface area contributed by atoms with Crippen molar-refractivity contribution in [3.8, 4) is 0 Å². The van der Waals surface area contributed by atoms with Crippen molar-refractivity contribution in [2.24, 2.45) is 0 Å². The number of nitrogens with one attached hydrogen (secondary N) is 1. The third kappa shape index (κ3) is 2.45. The molecular formula is C16H17N3OS. The van der Waals surface area contributed by atoms with Crippen LogP contribution in [0, 0.1) is 12.3 Å². The fraction of sp³-hybridized carbons (Fsp3) is 0.250. The lowest BCUT2D eigenvalue weighted by Crippen LogP contribution is -2.29. The highest BCUT2D eigenvalue weighted by Gasteiger charge is 2.33. The molecule has 0 aliphatic carbocycles. The number of amidine groups is 1. The minimum atomic E-state index is 0.0411. The molecule has 1 aromatic carbocycles. The lowest BCUT2D eigenvalue weighted by atomic mass is 10.1. The first kappa shape index (κ1) is 13.8. The molecule has 0 unspecified atom stereocenters. The van der Waals surface area contributed by atoms with E-state index in [-0.39, 0.29) is 11.8 Å². The highest BCUT2D eigenvalue weighted by atomic mass is 32.1. The summed E-state index contributed by atoms with van der Waals surface area (Å²) in [4.78, 5) is 6.29. The Kier molecular flexibility index (Phi) is 3.51. The molecule has 5 heteroatoms. The van der Waals surface area contributed by atoms with Gasteiger partial charge in [0.2, 0.25) is 0 Å². The van der Waals surface area contributed by atoms with Crippen molar-refractivity contribution < 1.29 is 5.11 Å². The van der Waals surface area contributed by atoms with Gasteiger partial charge in [0, 0.05) is 11.1 Å². The quantitative estimate of drug-likeness (QED) is 0.907. The molecule has 1 aromatic heterocycles. The average Bonchev–Trinajstić information content (AvgIpc) is 3.02. The third-order valence-electron chi connectivity index (χ3n) is 3.72. The summed E-state index contributed by atoms with van der Waals surface area (Å²) in [6.45, 7) is 4.33. The van der Waals surface area contributed by atoms with E-state index in [9.17, 15) is 5.11 Å². The van der Waals surface area contributed by atoms with Gasteiger partial charge in [-0.25, -0.2) is 4.98 Å². The summed E-state index contributed by atoms with van der Waals surface area (Å²) in [5.74, 6) is 0.579. The van der Waals surface area contributed by atoms with Crippen molar-refractivity contribution >= 4 is 22.7 Å². The number of nitrogens with zero attached hydrogens (tertiary/aromatic N) is 2. The summed E-state index contributed by atoms with van der Waals surface area (Å²) in [6, 6.07) is 10.1. The van der Waals surface area contributed by atoms with Gasteiger partial charge in [0.15, 0.2) is 0 Å². The van der Waals surface area contributed by atoms with Gasteiger partial charge < -0.3 is 10.0 Å². The molecule has 3 rings (SSSR count). The van der Waals surface area contributed by atoms with Crippen molar-refractivity contribution in [2.45, 2.75) is 19.9 Å². The topological polar surface area (TPSA) is 60.2 Å². The normalized spacial score (nSPS) is 16.7. The first-order chi connectivity index (χ1) is 10.1. The Bertz CT molecular complexity index is 705. The molecule has 0 spiro atoms. The summed E-state index contributed by atoms with van der Waals surface area (Å²) in [5, 5.41) is 21.3. The largest absolute Gasteiger partial charge is 0.510 e. The summed E-state index contributed by atoms with van der Waals surface area (Å²) in [5.41, 5.74) is 2.61.